The van der Waals surface area contributed by atoms with E-state index in [4.69, 9.17) is 4.74 Å². The summed E-state index contributed by atoms with van der Waals surface area (Å²) in [6.45, 7) is 0.537. The number of alkyl halides is 2. The molecule has 0 bridgehead atoms. The number of halogens is 2. The molecular formula is C17H18F2N6O. The third-order valence-corrected chi connectivity index (χ3v) is 4.46. The van der Waals surface area contributed by atoms with Crippen molar-refractivity contribution < 1.29 is 13.5 Å². The van der Waals surface area contributed by atoms with E-state index in [1.165, 1.54) is 7.11 Å². The van der Waals surface area contributed by atoms with Crippen molar-refractivity contribution in [3.8, 4) is 23.0 Å². The van der Waals surface area contributed by atoms with E-state index < -0.39 is 5.92 Å². The number of ether oxygens (including phenoxy) is 1. The van der Waals surface area contributed by atoms with Crippen molar-refractivity contribution in [1.29, 1.82) is 0 Å². The maximum absolute atomic E-state index is 13.5. The van der Waals surface area contributed by atoms with E-state index in [-0.39, 0.29) is 25.9 Å². The molecule has 1 aliphatic heterocycles. The minimum atomic E-state index is -2.59. The molecule has 0 radical (unpaired) electrons. The van der Waals surface area contributed by atoms with Gasteiger partial charge < -0.3 is 14.6 Å². The van der Waals surface area contributed by atoms with E-state index >= 15 is 0 Å². The average molecular weight is 360 g/mol. The van der Waals surface area contributed by atoms with Gasteiger partial charge in [-0.1, -0.05) is 0 Å². The van der Waals surface area contributed by atoms with Crippen molar-refractivity contribution in [1.82, 2.24) is 25.0 Å². The minimum absolute atomic E-state index is 0.165. The van der Waals surface area contributed by atoms with Crippen LogP contribution >= 0.6 is 0 Å². The summed E-state index contributed by atoms with van der Waals surface area (Å²) in [5.41, 5.74) is 1.72. The summed E-state index contributed by atoms with van der Waals surface area (Å²) in [6.07, 6.45) is 3.33. The Morgan fingerprint density at radius 2 is 1.92 bits per heavy atom. The molecule has 0 unspecified atom stereocenters. The van der Waals surface area contributed by atoms with Crippen LogP contribution in [-0.4, -0.2) is 51.1 Å². The lowest BCUT2D eigenvalue weighted by molar-refractivity contribution is -0.0221. The van der Waals surface area contributed by atoms with Crippen LogP contribution in [0.2, 0.25) is 0 Å². The number of rotatable bonds is 4. The number of hydrogen-bond acceptors (Lipinski definition) is 5. The molecule has 3 aromatic heterocycles. The molecule has 7 nitrogen and oxygen atoms in total. The van der Waals surface area contributed by atoms with Crippen molar-refractivity contribution in [2.45, 2.75) is 18.8 Å². The van der Waals surface area contributed by atoms with Crippen LogP contribution in [0.25, 0.3) is 17.1 Å². The number of aromatic nitrogens is 5. The standard InChI is InChI=1S/C17H18F2N6O/c1-26-16-3-2-14(21-22-16)25-13(12-4-7-20-11-12)10-15(23-25)24-8-5-17(18,19)6-9-24/h2-4,7,10-11,20H,5-6,8-9H2,1H3. The van der Waals surface area contributed by atoms with Crippen LogP contribution in [-0.2, 0) is 0 Å². The minimum Gasteiger partial charge on any atom is -0.480 e. The fourth-order valence-corrected chi connectivity index (χ4v) is 2.98. The van der Waals surface area contributed by atoms with Gasteiger partial charge >= 0.3 is 0 Å². The molecule has 1 aliphatic rings. The van der Waals surface area contributed by atoms with Gasteiger partial charge in [-0.05, 0) is 12.1 Å². The van der Waals surface area contributed by atoms with Crippen molar-refractivity contribution >= 4 is 5.82 Å². The normalized spacial score (nSPS) is 16.7. The molecule has 0 saturated carbocycles. The summed E-state index contributed by atoms with van der Waals surface area (Å²) >= 11 is 0. The predicted octanol–water partition coefficient (Wildman–Crippen LogP) is 2.90. The quantitative estimate of drug-likeness (QED) is 0.775. The molecule has 0 aliphatic carbocycles. The van der Waals surface area contributed by atoms with E-state index in [9.17, 15) is 8.78 Å². The van der Waals surface area contributed by atoms with Crippen LogP contribution in [0, 0.1) is 0 Å². The van der Waals surface area contributed by atoms with Crippen molar-refractivity contribution in [2.75, 3.05) is 25.1 Å². The lowest BCUT2D eigenvalue weighted by Crippen LogP contribution is -2.39. The second kappa shape index (κ2) is 6.40. The van der Waals surface area contributed by atoms with Crippen LogP contribution in [0.4, 0.5) is 14.6 Å². The summed E-state index contributed by atoms with van der Waals surface area (Å²) in [6, 6.07) is 7.26. The van der Waals surface area contributed by atoms with Gasteiger partial charge in [0.1, 0.15) is 0 Å². The molecule has 0 aromatic carbocycles. The first-order valence-electron chi connectivity index (χ1n) is 8.30. The highest BCUT2D eigenvalue weighted by atomic mass is 19.3. The molecule has 4 rings (SSSR count). The van der Waals surface area contributed by atoms with E-state index in [1.807, 2.05) is 29.4 Å². The predicted molar refractivity (Wildman–Crippen MR) is 91.9 cm³/mol. The number of anilines is 1. The Kier molecular flexibility index (Phi) is 4.06. The lowest BCUT2D eigenvalue weighted by atomic mass is 10.1. The molecule has 1 fully saturated rings. The second-order valence-electron chi connectivity index (χ2n) is 6.18. The third-order valence-electron chi connectivity index (χ3n) is 4.46. The highest BCUT2D eigenvalue weighted by Crippen LogP contribution is 2.32. The monoisotopic (exact) mass is 360 g/mol. The number of methoxy groups -OCH3 is 1. The number of nitrogens with zero attached hydrogens (tertiary/aromatic N) is 5. The number of piperidine rings is 1. The molecular weight excluding hydrogens is 342 g/mol. The van der Waals surface area contributed by atoms with E-state index in [2.05, 4.69) is 20.3 Å². The van der Waals surface area contributed by atoms with Crippen LogP contribution < -0.4 is 9.64 Å². The topological polar surface area (TPSA) is 71.9 Å². The Morgan fingerprint density at radius 1 is 1.12 bits per heavy atom. The van der Waals surface area contributed by atoms with Gasteiger partial charge in [-0.15, -0.1) is 15.3 Å². The van der Waals surface area contributed by atoms with Crippen LogP contribution in [0.15, 0.2) is 36.7 Å². The molecule has 136 valence electrons. The molecule has 1 saturated heterocycles. The highest BCUT2D eigenvalue weighted by Gasteiger charge is 2.35. The molecule has 0 atom stereocenters. The Morgan fingerprint density at radius 3 is 2.54 bits per heavy atom. The fourth-order valence-electron chi connectivity index (χ4n) is 2.98. The zero-order valence-corrected chi connectivity index (χ0v) is 14.2. The van der Waals surface area contributed by atoms with Gasteiger partial charge in [0.15, 0.2) is 11.6 Å². The first-order valence-corrected chi connectivity index (χ1v) is 8.30. The second-order valence-corrected chi connectivity index (χ2v) is 6.18. The molecule has 9 heteroatoms. The number of aromatic amines is 1. The van der Waals surface area contributed by atoms with Crippen LogP contribution in [0.5, 0.6) is 5.88 Å². The van der Waals surface area contributed by atoms with Crippen molar-refractivity contribution in [2.24, 2.45) is 0 Å². The van der Waals surface area contributed by atoms with Crippen LogP contribution in [0.1, 0.15) is 12.8 Å². The molecule has 1 N–H and O–H groups in total. The Hall–Kier alpha value is -2.97. The summed E-state index contributed by atoms with van der Waals surface area (Å²) in [5.74, 6) is -1.02. The van der Waals surface area contributed by atoms with Gasteiger partial charge in [0.2, 0.25) is 5.88 Å². The largest absolute Gasteiger partial charge is 0.480 e. The molecule has 0 spiro atoms. The van der Waals surface area contributed by atoms with Gasteiger partial charge in [0.25, 0.3) is 5.92 Å². The number of H-pyrrole nitrogens is 1. The van der Waals surface area contributed by atoms with E-state index in [0.717, 1.165) is 11.3 Å². The van der Waals surface area contributed by atoms with Gasteiger partial charge in [0, 0.05) is 56.0 Å². The van der Waals surface area contributed by atoms with Gasteiger partial charge in [-0.3, -0.25) is 0 Å². The smallest absolute Gasteiger partial charge is 0.251 e. The summed E-state index contributed by atoms with van der Waals surface area (Å²) in [7, 11) is 1.52. The lowest BCUT2D eigenvalue weighted by Gasteiger charge is -2.31. The van der Waals surface area contributed by atoms with Crippen LogP contribution in [0.3, 0.4) is 0 Å². The first-order chi connectivity index (χ1) is 12.6. The van der Waals surface area contributed by atoms with Gasteiger partial charge in [-0.25, -0.2) is 13.5 Å². The van der Waals surface area contributed by atoms with Crippen molar-refractivity contribution in [3.63, 3.8) is 0 Å². The SMILES string of the molecule is COc1ccc(-n2nc(N3CCC(F)(F)CC3)cc2-c2cc[nH]c2)nn1. The molecule has 4 heterocycles. The number of hydrogen-bond donors (Lipinski definition) is 1. The zero-order valence-electron chi connectivity index (χ0n) is 14.2. The summed E-state index contributed by atoms with van der Waals surface area (Å²) in [4.78, 5) is 4.89. The maximum Gasteiger partial charge on any atom is 0.251 e. The Bertz CT molecular complexity index is 865. The fraction of sp³-hybridized carbons (Fsp3) is 0.353. The number of nitrogens with one attached hydrogen (secondary N) is 1. The molecule has 26 heavy (non-hydrogen) atoms. The summed E-state index contributed by atoms with van der Waals surface area (Å²) in [5, 5.41) is 12.7. The molecule has 0 amide bonds. The summed E-state index contributed by atoms with van der Waals surface area (Å²) < 4.78 is 33.6. The average Bonchev–Trinajstić information content (AvgIpc) is 3.31. The highest BCUT2D eigenvalue weighted by molar-refractivity contribution is 5.65. The van der Waals surface area contributed by atoms with Crippen molar-refractivity contribution in [3.05, 3.63) is 36.7 Å². The van der Waals surface area contributed by atoms with Gasteiger partial charge in [0.05, 0.1) is 12.8 Å². The van der Waals surface area contributed by atoms with E-state index in [1.54, 1.807) is 16.8 Å². The first kappa shape index (κ1) is 16.5. The molecule has 3 aromatic rings. The Labute approximate surface area is 148 Å². The Balaban J connectivity index is 1.71. The maximum atomic E-state index is 13.5. The zero-order chi connectivity index (χ0) is 18.1. The third kappa shape index (κ3) is 3.12. The van der Waals surface area contributed by atoms with E-state index in [0.29, 0.717) is 17.5 Å². The van der Waals surface area contributed by atoms with Gasteiger partial charge in [-0.2, -0.15) is 0 Å².